The van der Waals surface area contributed by atoms with Crippen LogP contribution in [0.5, 0.6) is 11.5 Å². The Kier molecular flexibility index (Phi) is 4.55. The largest absolute Gasteiger partial charge is 0.497 e. The lowest BCUT2D eigenvalue weighted by Crippen LogP contribution is -2.17. The lowest BCUT2D eigenvalue weighted by atomic mass is 10.2. The van der Waals surface area contributed by atoms with E-state index in [9.17, 15) is 13.2 Å². The Balaban J connectivity index is 3.00. The van der Waals surface area contributed by atoms with Gasteiger partial charge < -0.3 is 14.6 Å². The van der Waals surface area contributed by atoms with Crippen molar-refractivity contribution in [1.29, 1.82) is 0 Å². The summed E-state index contributed by atoms with van der Waals surface area (Å²) in [5.41, 5.74) is 0.402. The van der Waals surface area contributed by atoms with Gasteiger partial charge in [0.05, 0.1) is 20.0 Å². The quantitative estimate of drug-likeness (QED) is 0.821. The van der Waals surface area contributed by atoms with Crippen LogP contribution in [0.15, 0.2) is 18.2 Å². The predicted molar refractivity (Wildman–Crippen MR) is 64.7 cm³/mol. The molecule has 0 unspecified atom stereocenters. The van der Waals surface area contributed by atoms with Crippen LogP contribution >= 0.6 is 0 Å². The molecule has 6 nitrogen and oxygen atoms in total. The summed E-state index contributed by atoms with van der Waals surface area (Å²) >= 11 is 0. The fourth-order valence-electron chi connectivity index (χ4n) is 1.45. The minimum absolute atomic E-state index is 0.350. The fourth-order valence-corrected chi connectivity index (χ4v) is 2.64. The number of sulfone groups is 1. The molecule has 0 aliphatic carbocycles. The number of hydrogen-bond donors (Lipinski definition) is 1. The van der Waals surface area contributed by atoms with Gasteiger partial charge >= 0.3 is 5.97 Å². The molecule has 0 aliphatic rings. The Morgan fingerprint density at radius 2 is 1.94 bits per heavy atom. The van der Waals surface area contributed by atoms with E-state index in [0.29, 0.717) is 17.1 Å². The van der Waals surface area contributed by atoms with Gasteiger partial charge in [-0.3, -0.25) is 4.79 Å². The van der Waals surface area contributed by atoms with Gasteiger partial charge in [-0.1, -0.05) is 6.07 Å². The molecular formula is C11H14O6S. The molecule has 0 aliphatic heterocycles. The second-order valence-electron chi connectivity index (χ2n) is 3.60. The molecule has 18 heavy (non-hydrogen) atoms. The molecule has 7 heteroatoms. The van der Waals surface area contributed by atoms with Crippen molar-refractivity contribution in [2.45, 2.75) is 5.75 Å². The van der Waals surface area contributed by atoms with E-state index >= 15 is 0 Å². The zero-order valence-corrected chi connectivity index (χ0v) is 10.9. The van der Waals surface area contributed by atoms with Gasteiger partial charge in [0, 0.05) is 11.6 Å². The zero-order chi connectivity index (χ0) is 13.8. The van der Waals surface area contributed by atoms with Gasteiger partial charge in [-0.2, -0.15) is 0 Å². The van der Waals surface area contributed by atoms with Crippen LogP contribution in [-0.4, -0.2) is 39.5 Å². The number of aliphatic carboxylic acids is 1. The van der Waals surface area contributed by atoms with Crippen molar-refractivity contribution in [3.05, 3.63) is 23.8 Å². The monoisotopic (exact) mass is 274 g/mol. The average molecular weight is 274 g/mol. The highest BCUT2D eigenvalue weighted by atomic mass is 32.2. The van der Waals surface area contributed by atoms with E-state index in [2.05, 4.69) is 0 Å². The summed E-state index contributed by atoms with van der Waals surface area (Å²) in [5, 5.41) is 8.51. The van der Waals surface area contributed by atoms with Crippen LogP contribution in [0, 0.1) is 0 Å². The molecule has 1 rings (SSSR count). The summed E-state index contributed by atoms with van der Waals surface area (Å²) in [7, 11) is -0.820. The number of carboxylic acid groups (broad SMARTS) is 1. The van der Waals surface area contributed by atoms with Crippen molar-refractivity contribution in [3.8, 4) is 11.5 Å². The molecule has 0 amide bonds. The summed E-state index contributed by atoms with van der Waals surface area (Å²) < 4.78 is 33.2. The molecule has 1 aromatic carbocycles. The zero-order valence-electron chi connectivity index (χ0n) is 10.0. The molecule has 0 spiro atoms. The number of carbonyl (C=O) groups is 1. The molecule has 0 heterocycles. The normalized spacial score (nSPS) is 11.0. The second-order valence-corrected chi connectivity index (χ2v) is 5.67. The molecule has 0 saturated heterocycles. The first-order valence-electron chi connectivity index (χ1n) is 5.01. The highest BCUT2D eigenvalue weighted by Crippen LogP contribution is 2.26. The standard InChI is InChI=1S/C11H14O6S/c1-16-9-4-3-8(10(5-9)17-2)6-18(14,15)7-11(12)13/h3-5H,6-7H2,1-2H3,(H,12,13). The van der Waals surface area contributed by atoms with E-state index in [4.69, 9.17) is 14.6 Å². The minimum Gasteiger partial charge on any atom is -0.497 e. The highest BCUT2D eigenvalue weighted by molar-refractivity contribution is 7.91. The van der Waals surface area contributed by atoms with Crippen molar-refractivity contribution in [3.63, 3.8) is 0 Å². The first kappa shape index (κ1) is 14.3. The van der Waals surface area contributed by atoms with E-state index < -0.39 is 21.6 Å². The molecule has 0 aromatic heterocycles. The molecule has 1 N–H and O–H groups in total. The third-order valence-electron chi connectivity index (χ3n) is 2.21. The Morgan fingerprint density at radius 3 is 2.44 bits per heavy atom. The summed E-state index contributed by atoms with van der Waals surface area (Å²) in [5.74, 6) is -1.77. The Bertz CT molecular complexity index is 534. The highest BCUT2D eigenvalue weighted by Gasteiger charge is 2.19. The molecule has 1 aromatic rings. The van der Waals surface area contributed by atoms with Crippen molar-refractivity contribution < 1.29 is 27.8 Å². The van der Waals surface area contributed by atoms with Gasteiger partial charge in [-0.05, 0) is 6.07 Å². The fraction of sp³-hybridized carbons (Fsp3) is 0.364. The van der Waals surface area contributed by atoms with Crippen LogP contribution in [0.1, 0.15) is 5.56 Å². The molecule has 0 fully saturated rings. The first-order valence-corrected chi connectivity index (χ1v) is 6.83. The third kappa shape index (κ3) is 3.92. The van der Waals surface area contributed by atoms with E-state index in [1.165, 1.54) is 20.3 Å². The second kappa shape index (κ2) is 5.72. The van der Waals surface area contributed by atoms with Crippen LogP contribution in [0.3, 0.4) is 0 Å². The maximum Gasteiger partial charge on any atom is 0.318 e. The van der Waals surface area contributed by atoms with Crippen LogP contribution in [-0.2, 0) is 20.4 Å². The Morgan fingerprint density at radius 1 is 1.28 bits per heavy atom. The molecule has 100 valence electrons. The van der Waals surface area contributed by atoms with Crippen LogP contribution in [0.2, 0.25) is 0 Å². The molecule has 0 bridgehead atoms. The molecule has 0 atom stereocenters. The van der Waals surface area contributed by atoms with Crippen LogP contribution in [0.4, 0.5) is 0 Å². The van der Waals surface area contributed by atoms with E-state index in [0.717, 1.165) is 0 Å². The van der Waals surface area contributed by atoms with Gasteiger partial charge in [0.25, 0.3) is 0 Å². The van der Waals surface area contributed by atoms with Gasteiger partial charge in [0.1, 0.15) is 17.3 Å². The lowest BCUT2D eigenvalue weighted by Gasteiger charge is -2.10. The van der Waals surface area contributed by atoms with Gasteiger partial charge in [-0.15, -0.1) is 0 Å². The smallest absolute Gasteiger partial charge is 0.318 e. The molecule has 0 radical (unpaired) electrons. The van der Waals surface area contributed by atoms with Gasteiger partial charge in [0.2, 0.25) is 0 Å². The number of benzene rings is 1. The van der Waals surface area contributed by atoms with Crippen molar-refractivity contribution in [1.82, 2.24) is 0 Å². The topological polar surface area (TPSA) is 89.9 Å². The van der Waals surface area contributed by atoms with Crippen LogP contribution < -0.4 is 9.47 Å². The first-order chi connectivity index (χ1) is 8.38. The van der Waals surface area contributed by atoms with Gasteiger partial charge in [0.15, 0.2) is 9.84 Å². The average Bonchev–Trinajstić information content (AvgIpc) is 2.27. The predicted octanol–water partition coefficient (Wildman–Crippen LogP) is 0.703. The number of methoxy groups -OCH3 is 2. The minimum atomic E-state index is -3.71. The number of hydrogen-bond acceptors (Lipinski definition) is 5. The number of rotatable bonds is 6. The molecular weight excluding hydrogens is 260 g/mol. The summed E-state index contributed by atoms with van der Waals surface area (Å²) in [6, 6.07) is 4.68. The summed E-state index contributed by atoms with van der Waals surface area (Å²) in [6.07, 6.45) is 0. The van der Waals surface area contributed by atoms with E-state index in [1.807, 2.05) is 0 Å². The SMILES string of the molecule is COc1ccc(CS(=O)(=O)CC(=O)O)c(OC)c1. The van der Waals surface area contributed by atoms with Crippen molar-refractivity contribution >= 4 is 15.8 Å². The van der Waals surface area contributed by atoms with Gasteiger partial charge in [-0.25, -0.2) is 8.42 Å². The van der Waals surface area contributed by atoms with Crippen molar-refractivity contribution in [2.75, 3.05) is 20.0 Å². The summed E-state index contributed by atoms with van der Waals surface area (Å²) in [4.78, 5) is 10.4. The lowest BCUT2D eigenvalue weighted by molar-refractivity contribution is -0.134. The number of ether oxygens (including phenoxy) is 2. The van der Waals surface area contributed by atoms with E-state index in [-0.39, 0.29) is 5.75 Å². The maximum atomic E-state index is 11.6. The maximum absolute atomic E-state index is 11.6. The van der Waals surface area contributed by atoms with E-state index in [1.54, 1.807) is 12.1 Å². The molecule has 0 saturated carbocycles. The van der Waals surface area contributed by atoms with Crippen molar-refractivity contribution in [2.24, 2.45) is 0 Å². The third-order valence-corrected chi connectivity index (χ3v) is 3.65. The summed E-state index contributed by atoms with van der Waals surface area (Å²) in [6.45, 7) is 0. The Hall–Kier alpha value is -1.76. The Labute approximate surface area is 105 Å². The van der Waals surface area contributed by atoms with Crippen LogP contribution in [0.25, 0.3) is 0 Å². The number of carboxylic acids is 1.